The van der Waals surface area contributed by atoms with Crippen molar-refractivity contribution in [2.24, 2.45) is 0 Å². The van der Waals surface area contributed by atoms with Crippen LogP contribution in [0.4, 0.5) is 0 Å². The van der Waals surface area contributed by atoms with Crippen LogP contribution in [0.3, 0.4) is 0 Å². The van der Waals surface area contributed by atoms with Gasteiger partial charge in [0.15, 0.2) is 0 Å². The molecule has 1 aliphatic heterocycles. The van der Waals surface area contributed by atoms with Crippen molar-refractivity contribution in [3.63, 3.8) is 0 Å². The highest BCUT2D eigenvalue weighted by atomic mass is 16.6. The molecule has 0 unspecified atom stereocenters. The molecule has 3 atom stereocenters. The average molecular weight is 786 g/mol. The van der Waals surface area contributed by atoms with E-state index in [2.05, 4.69) is 0 Å². The molecule has 318 valence electrons. The fourth-order valence-electron chi connectivity index (χ4n) is 5.99. The zero-order valence-electron chi connectivity index (χ0n) is 36.5. The SMILES string of the molecule is COC(=O)[C@@H]1C[C@@H](OC(C)(C)C)CN1C(=O)[C@H](CCCCN(CC(=O)OC(C)(C)C)CC(=O)OC(C)(C)C)N(CC(=O)OC(C)(C)C)CC(=O)OC(C)(C)C. The molecule has 55 heavy (non-hydrogen) atoms. The van der Waals surface area contributed by atoms with Crippen LogP contribution >= 0.6 is 0 Å². The number of hydrogen-bond donors (Lipinski definition) is 0. The summed E-state index contributed by atoms with van der Waals surface area (Å²) in [5, 5.41) is 0. The molecule has 0 aromatic carbocycles. The second-order valence-electron chi connectivity index (χ2n) is 19.1. The number of amides is 1. The van der Waals surface area contributed by atoms with Gasteiger partial charge < -0.3 is 33.3 Å². The third-order valence-electron chi connectivity index (χ3n) is 7.52. The van der Waals surface area contributed by atoms with Crippen LogP contribution < -0.4 is 0 Å². The molecular formula is C40H71N3O12. The van der Waals surface area contributed by atoms with Gasteiger partial charge in [0, 0.05) is 13.0 Å². The molecule has 1 fully saturated rings. The van der Waals surface area contributed by atoms with Crippen molar-refractivity contribution in [1.82, 2.24) is 14.7 Å². The van der Waals surface area contributed by atoms with Crippen molar-refractivity contribution in [2.45, 2.75) is 176 Å². The van der Waals surface area contributed by atoms with Crippen molar-refractivity contribution in [3.8, 4) is 0 Å². The van der Waals surface area contributed by atoms with Crippen molar-refractivity contribution in [3.05, 3.63) is 0 Å². The smallest absolute Gasteiger partial charge is 0.328 e. The van der Waals surface area contributed by atoms with E-state index < -0.39 is 95.0 Å². The van der Waals surface area contributed by atoms with Crippen LogP contribution in [0.25, 0.3) is 0 Å². The fourth-order valence-corrected chi connectivity index (χ4v) is 5.99. The van der Waals surface area contributed by atoms with E-state index in [0.29, 0.717) is 12.8 Å². The van der Waals surface area contributed by atoms with Gasteiger partial charge in [-0.1, -0.05) is 6.42 Å². The molecule has 0 bridgehead atoms. The van der Waals surface area contributed by atoms with Gasteiger partial charge in [0.2, 0.25) is 5.91 Å². The first-order valence-electron chi connectivity index (χ1n) is 19.2. The highest BCUT2D eigenvalue weighted by molar-refractivity contribution is 5.89. The van der Waals surface area contributed by atoms with Crippen LogP contribution in [-0.2, 0) is 57.2 Å². The molecule has 0 N–H and O–H groups in total. The Balaban J connectivity index is 3.56. The molecule has 0 aromatic heterocycles. The number of methoxy groups -OCH3 is 1. The minimum absolute atomic E-state index is 0.0820. The summed E-state index contributed by atoms with van der Waals surface area (Å²) in [5.74, 6) is -3.45. The molecule has 1 amide bonds. The number of unbranched alkanes of at least 4 members (excludes halogenated alkanes) is 1. The number of carbonyl (C=O) groups is 6. The molecule has 0 spiro atoms. The van der Waals surface area contributed by atoms with E-state index >= 15 is 0 Å². The molecule has 1 rings (SSSR count). The summed E-state index contributed by atoms with van der Waals surface area (Å²) in [4.78, 5) is 84.5. The van der Waals surface area contributed by atoms with E-state index in [9.17, 15) is 28.8 Å². The van der Waals surface area contributed by atoms with E-state index in [4.69, 9.17) is 28.4 Å². The number of hydrogen-bond acceptors (Lipinski definition) is 14. The molecule has 15 heteroatoms. The van der Waals surface area contributed by atoms with Crippen LogP contribution in [0.15, 0.2) is 0 Å². The number of rotatable bonds is 17. The molecule has 1 heterocycles. The number of likely N-dealkylation sites (tertiary alicyclic amines) is 1. The molecule has 15 nitrogen and oxygen atoms in total. The first-order chi connectivity index (χ1) is 24.8. The van der Waals surface area contributed by atoms with Crippen LogP contribution in [0.2, 0.25) is 0 Å². The zero-order valence-corrected chi connectivity index (χ0v) is 36.5. The topological polar surface area (TPSA) is 168 Å². The number of nitrogens with zero attached hydrogens (tertiary/aromatic N) is 3. The molecular weight excluding hydrogens is 714 g/mol. The predicted molar refractivity (Wildman–Crippen MR) is 206 cm³/mol. The predicted octanol–water partition coefficient (Wildman–Crippen LogP) is 4.45. The Hall–Kier alpha value is -3.30. The highest BCUT2D eigenvalue weighted by Crippen LogP contribution is 2.28. The van der Waals surface area contributed by atoms with Gasteiger partial charge in [-0.15, -0.1) is 0 Å². The first-order valence-corrected chi connectivity index (χ1v) is 19.2. The van der Waals surface area contributed by atoms with Gasteiger partial charge >= 0.3 is 29.8 Å². The number of carbonyl (C=O) groups excluding carboxylic acids is 6. The minimum atomic E-state index is -1.09. The monoisotopic (exact) mass is 786 g/mol. The van der Waals surface area contributed by atoms with Gasteiger partial charge in [-0.25, -0.2) is 4.79 Å². The first kappa shape index (κ1) is 49.7. The third kappa shape index (κ3) is 21.5. The van der Waals surface area contributed by atoms with E-state index in [1.807, 2.05) is 20.8 Å². The fraction of sp³-hybridized carbons (Fsp3) is 0.850. The van der Waals surface area contributed by atoms with Crippen molar-refractivity contribution < 1.29 is 57.2 Å². The summed E-state index contributed by atoms with van der Waals surface area (Å²) in [7, 11) is 1.25. The lowest BCUT2D eigenvalue weighted by atomic mass is 10.0. The van der Waals surface area contributed by atoms with Gasteiger partial charge in [0.25, 0.3) is 0 Å². The molecule has 0 aromatic rings. The summed E-state index contributed by atoms with van der Waals surface area (Å²) in [6, 6.07) is -2.05. The van der Waals surface area contributed by atoms with Gasteiger partial charge in [-0.3, -0.25) is 33.8 Å². The van der Waals surface area contributed by atoms with E-state index in [-0.39, 0.29) is 39.0 Å². The number of esters is 5. The van der Waals surface area contributed by atoms with Crippen molar-refractivity contribution >= 4 is 35.8 Å². The lowest BCUT2D eigenvalue weighted by molar-refractivity contribution is -0.164. The summed E-state index contributed by atoms with van der Waals surface area (Å²) in [6.45, 7) is 25.6. The largest absolute Gasteiger partial charge is 0.467 e. The summed E-state index contributed by atoms with van der Waals surface area (Å²) >= 11 is 0. The van der Waals surface area contributed by atoms with Gasteiger partial charge in [-0.05, 0) is 123 Å². The van der Waals surface area contributed by atoms with Gasteiger partial charge in [0.1, 0.15) is 28.4 Å². The normalized spacial score (nSPS) is 17.5. The summed E-state index contributed by atoms with van der Waals surface area (Å²) in [5.41, 5.74) is -3.72. The molecule has 1 aliphatic rings. The maximum absolute atomic E-state index is 14.7. The van der Waals surface area contributed by atoms with E-state index in [1.165, 1.54) is 16.9 Å². The van der Waals surface area contributed by atoms with Crippen LogP contribution in [-0.4, -0.2) is 143 Å². The molecule has 1 saturated heterocycles. The Kier molecular flexibility index (Phi) is 18.3. The van der Waals surface area contributed by atoms with Crippen LogP contribution in [0.5, 0.6) is 0 Å². The molecule has 0 saturated carbocycles. The lowest BCUT2D eigenvalue weighted by Gasteiger charge is -2.35. The van der Waals surface area contributed by atoms with E-state index in [0.717, 1.165) is 0 Å². The maximum atomic E-state index is 14.7. The number of ether oxygens (including phenoxy) is 6. The van der Waals surface area contributed by atoms with E-state index in [1.54, 1.807) is 88.0 Å². The Morgan fingerprint density at radius 1 is 0.600 bits per heavy atom. The standard InChI is InChI=1S/C40H71N3O12/c1-36(2,3)51-27-21-29(35(49)50-16)43(22-27)34(48)28(42(25-32(46)54-39(10,11)12)26-33(47)55-40(13,14)15)19-17-18-20-41(23-30(44)52-37(4,5)6)24-31(45)53-38(7,8)9/h27-29H,17-26H2,1-16H3/t27-,28+,29+/m1/s1. The Labute approximate surface area is 329 Å². The van der Waals surface area contributed by atoms with Crippen LogP contribution in [0, 0.1) is 0 Å². The Morgan fingerprint density at radius 2 is 1.00 bits per heavy atom. The maximum Gasteiger partial charge on any atom is 0.328 e. The third-order valence-corrected chi connectivity index (χ3v) is 7.52. The summed E-state index contributed by atoms with van der Waals surface area (Å²) < 4.78 is 33.5. The second-order valence-corrected chi connectivity index (χ2v) is 19.1. The quantitative estimate of drug-likeness (QED) is 0.115. The van der Waals surface area contributed by atoms with Crippen molar-refractivity contribution in [1.29, 1.82) is 0 Å². The Morgan fingerprint density at radius 3 is 1.36 bits per heavy atom. The minimum Gasteiger partial charge on any atom is -0.467 e. The van der Waals surface area contributed by atoms with Crippen molar-refractivity contribution in [2.75, 3.05) is 46.4 Å². The average Bonchev–Trinajstić information content (AvgIpc) is 3.34. The van der Waals surface area contributed by atoms with Gasteiger partial charge in [0.05, 0.1) is 51.0 Å². The lowest BCUT2D eigenvalue weighted by Crippen LogP contribution is -2.55. The second kappa shape index (κ2) is 20.2. The van der Waals surface area contributed by atoms with Gasteiger partial charge in [-0.2, -0.15) is 0 Å². The summed E-state index contributed by atoms with van der Waals surface area (Å²) in [6.07, 6.45) is 0.607. The zero-order chi connectivity index (χ0) is 42.7. The molecule has 0 radical (unpaired) electrons. The molecule has 0 aliphatic carbocycles. The highest BCUT2D eigenvalue weighted by Gasteiger charge is 2.45. The van der Waals surface area contributed by atoms with Crippen LogP contribution in [0.1, 0.15) is 130 Å². The Bertz CT molecular complexity index is 1250.